The molecule has 0 aromatic heterocycles. The summed E-state index contributed by atoms with van der Waals surface area (Å²) in [5, 5.41) is 0. The number of rotatable bonds is 12. The minimum atomic E-state index is 1.14. The van der Waals surface area contributed by atoms with Crippen molar-refractivity contribution in [3.63, 3.8) is 0 Å². The summed E-state index contributed by atoms with van der Waals surface area (Å²) in [6.07, 6.45) is 17.0. The van der Waals surface area contributed by atoms with E-state index >= 15 is 0 Å². The molecule has 0 N–H and O–H groups in total. The zero-order chi connectivity index (χ0) is 12.6. The van der Waals surface area contributed by atoms with E-state index in [0.717, 1.165) is 11.5 Å². The molecule has 0 bridgehead atoms. The number of hydrogen-bond donors (Lipinski definition) is 0. The Morgan fingerprint density at radius 1 is 0.706 bits per heavy atom. The highest BCUT2D eigenvalue weighted by molar-refractivity contribution is 9.09. The maximum Gasteiger partial charge on any atom is 0.0226 e. The Kier molecular flexibility index (Phi) is 17.0. The first-order valence-electron chi connectivity index (χ1n) is 6.62. The molecule has 0 radical (unpaired) electrons. The topological polar surface area (TPSA) is 0 Å². The van der Waals surface area contributed by atoms with Crippen molar-refractivity contribution in [3.8, 4) is 0 Å². The molecule has 0 unspecified atom stereocenters. The van der Waals surface area contributed by atoms with Gasteiger partial charge < -0.3 is 0 Å². The van der Waals surface area contributed by atoms with Gasteiger partial charge in [0.25, 0.3) is 0 Å². The smallest absolute Gasteiger partial charge is 0.0226 e. The van der Waals surface area contributed by atoms with Crippen LogP contribution in [0, 0.1) is 0 Å². The van der Waals surface area contributed by atoms with Crippen molar-refractivity contribution in [1.29, 1.82) is 0 Å². The standard InChI is InChI=1S/C14H26S3/c1-3-5-7-9-11-13-15-17-16-14-12-10-8-6-4-2/h9-12H,3-8,13-14H2,1-2H3/b11-9+,12-10+. The van der Waals surface area contributed by atoms with Crippen molar-refractivity contribution < 1.29 is 0 Å². The van der Waals surface area contributed by atoms with Gasteiger partial charge in [0.1, 0.15) is 0 Å². The Hall–Kier alpha value is 0.530. The van der Waals surface area contributed by atoms with Crippen LogP contribution in [0.25, 0.3) is 0 Å². The summed E-state index contributed by atoms with van der Waals surface area (Å²) >= 11 is 0. The van der Waals surface area contributed by atoms with Crippen molar-refractivity contribution in [1.82, 2.24) is 0 Å². The second-order valence-electron chi connectivity index (χ2n) is 3.86. The van der Waals surface area contributed by atoms with E-state index in [1.165, 1.54) is 38.5 Å². The second kappa shape index (κ2) is 16.5. The van der Waals surface area contributed by atoms with E-state index in [0.29, 0.717) is 0 Å². The average Bonchev–Trinajstić information content (AvgIpc) is 2.35. The first-order valence-corrected chi connectivity index (χ1v) is 10.4. The van der Waals surface area contributed by atoms with Crippen LogP contribution in [0.4, 0.5) is 0 Å². The lowest BCUT2D eigenvalue weighted by atomic mass is 10.2. The van der Waals surface area contributed by atoms with E-state index in [2.05, 4.69) is 38.2 Å². The lowest BCUT2D eigenvalue weighted by Gasteiger charge is -1.95. The second-order valence-corrected chi connectivity index (χ2v) is 8.19. The van der Waals surface area contributed by atoms with E-state index in [4.69, 9.17) is 0 Å². The Labute approximate surface area is 119 Å². The van der Waals surface area contributed by atoms with E-state index < -0.39 is 0 Å². The van der Waals surface area contributed by atoms with Gasteiger partial charge in [0, 0.05) is 11.5 Å². The van der Waals surface area contributed by atoms with Gasteiger partial charge in [-0.1, -0.05) is 85.4 Å². The molecule has 0 spiro atoms. The predicted octanol–water partition coefficient (Wildman–Crippen LogP) is 6.51. The maximum atomic E-state index is 2.31. The van der Waals surface area contributed by atoms with Crippen molar-refractivity contribution in [2.24, 2.45) is 0 Å². The summed E-state index contributed by atoms with van der Waals surface area (Å²) in [5.74, 6) is 2.28. The molecular weight excluding hydrogens is 264 g/mol. The Bertz CT molecular complexity index is 168. The third kappa shape index (κ3) is 16.5. The first-order chi connectivity index (χ1) is 8.41. The Morgan fingerprint density at radius 3 is 1.59 bits per heavy atom. The van der Waals surface area contributed by atoms with Gasteiger partial charge in [0.2, 0.25) is 0 Å². The highest BCUT2D eigenvalue weighted by Gasteiger charge is 1.87. The highest BCUT2D eigenvalue weighted by atomic mass is 33.5. The fourth-order valence-electron chi connectivity index (χ4n) is 1.18. The molecule has 0 saturated heterocycles. The molecule has 0 aromatic rings. The van der Waals surface area contributed by atoms with Crippen LogP contribution in [0.5, 0.6) is 0 Å². The molecule has 0 aliphatic heterocycles. The van der Waals surface area contributed by atoms with Crippen LogP contribution in [0.1, 0.15) is 52.4 Å². The summed E-state index contributed by atoms with van der Waals surface area (Å²) in [6.45, 7) is 4.48. The van der Waals surface area contributed by atoms with Crippen molar-refractivity contribution in [2.75, 3.05) is 11.5 Å². The minimum Gasteiger partial charge on any atom is -0.0877 e. The third-order valence-electron chi connectivity index (χ3n) is 2.21. The van der Waals surface area contributed by atoms with Gasteiger partial charge >= 0.3 is 0 Å². The van der Waals surface area contributed by atoms with Gasteiger partial charge in [0.05, 0.1) is 0 Å². The zero-order valence-corrected chi connectivity index (χ0v) is 13.6. The van der Waals surface area contributed by atoms with Crippen LogP contribution in [0.3, 0.4) is 0 Å². The molecule has 0 aromatic carbocycles. The van der Waals surface area contributed by atoms with Crippen LogP contribution in [0.15, 0.2) is 24.3 Å². The molecule has 0 aliphatic rings. The third-order valence-corrected chi connectivity index (χ3v) is 6.18. The monoisotopic (exact) mass is 290 g/mol. The van der Waals surface area contributed by atoms with Crippen LogP contribution in [-0.2, 0) is 0 Å². The van der Waals surface area contributed by atoms with Crippen molar-refractivity contribution >= 4 is 31.4 Å². The summed E-state index contributed by atoms with van der Waals surface area (Å²) in [6, 6.07) is 0. The molecule has 100 valence electrons. The normalized spacial score (nSPS) is 11.9. The molecule has 0 heterocycles. The zero-order valence-electron chi connectivity index (χ0n) is 11.2. The summed E-state index contributed by atoms with van der Waals surface area (Å²) in [4.78, 5) is 0. The Morgan fingerprint density at radius 2 is 1.18 bits per heavy atom. The highest BCUT2D eigenvalue weighted by Crippen LogP contribution is 2.34. The van der Waals surface area contributed by atoms with Gasteiger partial charge in [-0.3, -0.25) is 0 Å². The SMILES string of the molecule is CCCC/C=C/CSSSC/C=C/CCCC. The lowest BCUT2D eigenvalue weighted by Crippen LogP contribution is -1.70. The van der Waals surface area contributed by atoms with E-state index in [1.54, 1.807) is 0 Å². The molecule has 17 heavy (non-hydrogen) atoms. The van der Waals surface area contributed by atoms with Crippen molar-refractivity contribution in [2.45, 2.75) is 52.4 Å². The molecule has 0 fully saturated rings. The fraction of sp³-hybridized carbons (Fsp3) is 0.714. The number of unbranched alkanes of at least 4 members (excludes halogenated alkanes) is 4. The van der Waals surface area contributed by atoms with E-state index in [9.17, 15) is 0 Å². The molecule has 0 rings (SSSR count). The van der Waals surface area contributed by atoms with Gasteiger partial charge in [0.15, 0.2) is 0 Å². The maximum absolute atomic E-state index is 2.31. The van der Waals surface area contributed by atoms with Crippen LogP contribution in [-0.4, -0.2) is 11.5 Å². The quantitative estimate of drug-likeness (QED) is 0.228. The molecule has 0 atom stereocenters. The Balaban J connectivity index is 3.07. The minimum absolute atomic E-state index is 1.14. The number of allylic oxidation sites excluding steroid dienone is 2. The molecule has 0 aliphatic carbocycles. The molecule has 0 nitrogen and oxygen atoms in total. The van der Waals surface area contributed by atoms with Crippen LogP contribution in [0.2, 0.25) is 0 Å². The summed E-state index contributed by atoms with van der Waals surface area (Å²) in [7, 11) is 5.79. The molecule has 0 saturated carbocycles. The lowest BCUT2D eigenvalue weighted by molar-refractivity contribution is 0.814. The molecule has 3 heteroatoms. The van der Waals surface area contributed by atoms with E-state index in [1.807, 2.05) is 31.4 Å². The van der Waals surface area contributed by atoms with Gasteiger partial charge in [-0.25, -0.2) is 0 Å². The molecular formula is C14H26S3. The van der Waals surface area contributed by atoms with Crippen molar-refractivity contribution in [3.05, 3.63) is 24.3 Å². The average molecular weight is 291 g/mol. The van der Waals surface area contributed by atoms with Gasteiger partial charge in [-0.05, 0) is 22.7 Å². The largest absolute Gasteiger partial charge is 0.0877 e. The fourth-order valence-corrected chi connectivity index (χ4v) is 4.41. The van der Waals surface area contributed by atoms with Gasteiger partial charge in [-0.2, -0.15) is 0 Å². The predicted molar refractivity (Wildman–Crippen MR) is 89.8 cm³/mol. The summed E-state index contributed by atoms with van der Waals surface area (Å²) in [5.41, 5.74) is 0. The van der Waals surface area contributed by atoms with Crippen LogP contribution >= 0.6 is 31.4 Å². The van der Waals surface area contributed by atoms with E-state index in [-0.39, 0.29) is 0 Å². The first kappa shape index (κ1) is 17.5. The van der Waals surface area contributed by atoms with Crippen LogP contribution < -0.4 is 0 Å². The molecule has 0 amide bonds. The number of hydrogen-bond acceptors (Lipinski definition) is 3. The van der Waals surface area contributed by atoms with Gasteiger partial charge in [-0.15, -0.1) is 0 Å². The summed E-state index contributed by atoms with van der Waals surface area (Å²) < 4.78 is 0.